The van der Waals surface area contributed by atoms with Gasteiger partial charge in [-0.3, -0.25) is 5.10 Å². The number of hydrogen-bond acceptors (Lipinski definition) is 5. The van der Waals surface area contributed by atoms with E-state index in [0.717, 1.165) is 31.4 Å². The summed E-state index contributed by atoms with van der Waals surface area (Å²) in [6.07, 6.45) is 3.60. The fourth-order valence-electron chi connectivity index (χ4n) is 2.99. The predicted molar refractivity (Wildman–Crippen MR) is 79.7 cm³/mol. The van der Waals surface area contributed by atoms with Gasteiger partial charge in [0.2, 0.25) is 5.95 Å². The topological polar surface area (TPSA) is 70.8 Å². The fraction of sp³-hybridized carbons (Fsp3) is 0.846. The minimum atomic E-state index is 0.211. The van der Waals surface area contributed by atoms with E-state index in [1.165, 1.54) is 30.8 Å². The van der Waals surface area contributed by atoms with Gasteiger partial charge in [0.25, 0.3) is 0 Å². The Morgan fingerprint density at radius 2 is 2.47 bits per heavy atom. The van der Waals surface area contributed by atoms with Crippen molar-refractivity contribution in [3.8, 4) is 0 Å². The van der Waals surface area contributed by atoms with Crippen LogP contribution in [0.2, 0.25) is 0 Å². The first-order chi connectivity index (χ1) is 9.20. The van der Waals surface area contributed by atoms with E-state index in [1.54, 1.807) is 0 Å². The van der Waals surface area contributed by atoms with E-state index in [2.05, 4.69) is 22.0 Å². The van der Waals surface area contributed by atoms with Crippen LogP contribution < -0.4 is 10.6 Å². The quantitative estimate of drug-likeness (QED) is 0.880. The first-order valence-electron chi connectivity index (χ1n) is 7.15. The zero-order chi connectivity index (χ0) is 13.3. The number of hydrogen-bond donors (Lipinski definition) is 2. The summed E-state index contributed by atoms with van der Waals surface area (Å²) in [7, 11) is 0. The third-order valence-corrected chi connectivity index (χ3v) is 5.53. The van der Waals surface area contributed by atoms with Crippen LogP contribution in [-0.2, 0) is 0 Å². The maximum Gasteiger partial charge on any atom is 0.244 e. The normalized spacial score (nSPS) is 31.9. The Morgan fingerprint density at radius 1 is 1.58 bits per heavy atom. The standard InChI is InChI=1S/C13H23N5S/c1-13(8-14)4-2-5-18(9-13)12-15-11(16-17-12)10-3-6-19-7-10/h10H,2-9,14H2,1H3,(H,15,16,17). The second-order valence-electron chi connectivity index (χ2n) is 6.12. The average Bonchev–Trinajstić information content (AvgIpc) is 3.09. The van der Waals surface area contributed by atoms with Crippen LogP contribution in [0.25, 0.3) is 0 Å². The Morgan fingerprint density at radius 3 is 3.21 bits per heavy atom. The highest BCUT2D eigenvalue weighted by Gasteiger charge is 2.31. The molecule has 0 aromatic carbocycles. The Balaban J connectivity index is 1.71. The van der Waals surface area contributed by atoms with E-state index in [4.69, 9.17) is 10.7 Å². The van der Waals surface area contributed by atoms with Crippen LogP contribution >= 0.6 is 11.8 Å². The van der Waals surface area contributed by atoms with E-state index in [1.807, 2.05) is 11.8 Å². The molecule has 0 radical (unpaired) electrons. The van der Waals surface area contributed by atoms with E-state index >= 15 is 0 Å². The van der Waals surface area contributed by atoms with Gasteiger partial charge in [-0.25, -0.2) is 0 Å². The molecule has 19 heavy (non-hydrogen) atoms. The second kappa shape index (κ2) is 5.32. The highest BCUT2D eigenvalue weighted by Crippen LogP contribution is 2.33. The van der Waals surface area contributed by atoms with Crippen LogP contribution in [0.1, 0.15) is 37.9 Å². The maximum atomic E-state index is 5.90. The molecular formula is C13H23N5S. The van der Waals surface area contributed by atoms with Crippen LogP contribution in [0, 0.1) is 5.41 Å². The van der Waals surface area contributed by atoms with Gasteiger partial charge < -0.3 is 10.6 Å². The lowest BCUT2D eigenvalue weighted by Gasteiger charge is -2.39. The second-order valence-corrected chi connectivity index (χ2v) is 7.27. The van der Waals surface area contributed by atoms with Crippen molar-refractivity contribution in [2.45, 2.75) is 32.1 Å². The van der Waals surface area contributed by atoms with Crippen LogP contribution in [0.5, 0.6) is 0 Å². The SMILES string of the molecule is CC1(CN)CCCN(c2n[nH]c(C3CCSC3)n2)C1. The number of piperidine rings is 1. The summed E-state index contributed by atoms with van der Waals surface area (Å²) in [6.45, 7) is 5.02. The molecule has 2 atom stereocenters. The summed E-state index contributed by atoms with van der Waals surface area (Å²) in [5, 5.41) is 7.57. The van der Waals surface area contributed by atoms with E-state index < -0.39 is 0 Å². The largest absolute Gasteiger partial charge is 0.339 e. The zero-order valence-electron chi connectivity index (χ0n) is 11.6. The third-order valence-electron chi connectivity index (χ3n) is 4.36. The van der Waals surface area contributed by atoms with Gasteiger partial charge in [-0.05, 0) is 37.0 Å². The van der Waals surface area contributed by atoms with Gasteiger partial charge in [-0.2, -0.15) is 16.7 Å². The van der Waals surface area contributed by atoms with Gasteiger partial charge in [0, 0.05) is 24.8 Å². The molecule has 1 aromatic heterocycles. The number of anilines is 1. The molecule has 0 amide bonds. The molecule has 106 valence electrons. The molecule has 3 N–H and O–H groups in total. The fourth-order valence-corrected chi connectivity index (χ4v) is 4.22. The summed E-state index contributed by atoms with van der Waals surface area (Å²) in [6, 6.07) is 0. The number of rotatable bonds is 3. The lowest BCUT2D eigenvalue weighted by Crippen LogP contribution is -2.46. The summed E-state index contributed by atoms with van der Waals surface area (Å²) in [5.41, 5.74) is 6.12. The number of nitrogens with zero attached hydrogens (tertiary/aromatic N) is 3. The van der Waals surface area contributed by atoms with Crippen molar-refractivity contribution in [1.29, 1.82) is 0 Å². The molecule has 0 saturated carbocycles. The van der Waals surface area contributed by atoms with Crippen molar-refractivity contribution in [2.24, 2.45) is 11.1 Å². The van der Waals surface area contributed by atoms with Crippen LogP contribution in [0.15, 0.2) is 0 Å². The predicted octanol–water partition coefficient (Wildman–Crippen LogP) is 1.59. The lowest BCUT2D eigenvalue weighted by atomic mass is 9.82. The molecule has 0 spiro atoms. The Bertz CT molecular complexity index is 428. The molecule has 2 unspecified atom stereocenters. The molecule has 3 heterocycles. The summed E-state index contributed by atoms with van der Waals surface area (Å²) < 4.78 is 0. The monoisotopic (exact) mass is 281 g/mol. The van der Waals surface area contributed by atoms with Gasteiger partial charge in [0.15, 0.2) is 0 Å². The highest BCUT2D eigenvalue weighted by atomic mass is 32.2. The van der Waals surface area contributed by atoms with E-state index in [0.29, 0.717) is 5.92 Å². The van der Waals surface area contributed by atoms with Crippen LogP contribution in [-0.4, -0.2) is 46.3 Å². The van der Waals surface area contributed by atoms with Crippen molar-refractivity contribution in [1.82, 2.24) is 15.2 Å². The van der Waals surface area contributed by atoms with E-state index in [9.17, 15) is 0 Å². The Labute approximate surface area is 118 Å². The van der Waals surface area contributed by atoms with E-state index in [-0.39, 0.29) is 5.41 Å². The molecule has 1 aromatic rings. The summed E-state index contributed by atoms with van der Waals surface area (Å²) in [4.78, 5) is 7.01. The smallest absolute Gasteiger partial charge is 0.244 e. The molecule has 0 aliphatic carbocycles. The average molecular weight is 281 g/mol. The lowest BCUT2D eigenvalue weighted by molar-refractivity contribution is 0.270. The number of aromatic nitrogens is 3. The van der Waals surface area contributed by atoms with Gasteiger partial charge in [0.1, 0.15) is 5.82 Å². The van der Waals surface area contributed by atoms with Crippen LogP contribution in [0.3, 0.4) is 0 Å². The third kappa shape index (κ3) is 2.74. The molecule has 5 nitrogen and oxygen atoms in total. The highest BCUT2D eigenvalue weighted by molar-refractivity contribution is 7.99. The van der Waals surface area contributed by atoms with Gasteiger partial charge in [-0.15, -0.1) is 5.10 Å². The Kier molecular flexibility index (Phi) is 3.71. The molecule has 2 aliphatic heterocycles. The summed E-state index contributed by atoms with van der Waals surface area (Å²) in [5.74, 6) is 4.92. The number of aromatic amines is 1. The summed E-state index contributed by atoms with van der Waals surface area (Å²) >= 11 is 2.01. The van der Waals surface area contributed by atoms with Gasteiger partial charge >= 0.3 is 0 Å². The number of H-pyrrole nitrogens is 1. The number of thioether (sulfide) groups is 1. The molecule has 2 aliphatic rings. The number of nitrogens with one attached hydrogen (secondary N) is 1. The van der Waals surface area contributed by atoms with Gasteiger partial charge in [-0.1, -0.05) is 6.92 Å². The molecule has 3 rings (SSSR count). The zero-order valence-corrected chi connectivity index (χ0v) is 12.4. The van der Waals surface area contributed by atoms with Crippen molar-refractivity contribution in [3.63, 3.8) is 0 Å². The minimum absolute atomic E-state index is 0.211. The van der Waals surface area contributed by atoms with Crippen molar-refractivity contribution >= 4 is 17.7 Å². The molecule has 2 saturated heterocycles. The molecular weight excluding hydrogens is 258 g/mol. The van der Waals surface area contributed by atoms with Crippen molar-refractivity contribution in [2.75, 3.05) is 36.0 Å². The first kappa shape index (κ1) is 13.2. The first-order valence-corrected chi connectivity index (χ1v) is 8.31. The molecule has 2 fully saturated rings. The van der Waals surface area contributed by atoms with Crippen molar-refractivity contribution < 1.29 is 0 Å². The maximum absolute atomic E-state index is 5.90. The van der Waals surface area contributed by atoms with Crippen LogP contribution in [0.4, 0.5) is 5.95 Å². The van der Waals surface area contributed by atoms with Crippen molar-refractivity contribution in [3.05, 3.63) is 5.82 Å². The molecule has 6 heteroatoms. The Hall–Kier alpha value is -0.750. The minimum Gasteiger partial charge on any atom is -0.339 e. The molecule has 0 bridgehead atoms. The van der Waals surface area contributed by atoms with Gasteiger partial charge in [0.05, 0.1) is 0 Å². The number of nitrogens with two attached hydrogens (primary N) is 1.